The van der Waals surface area contributed by atoms with Crippen LogP contribution in [0.2, 0.25) is 0 Å². The van der Waals surface area contributed by atoms with Crippen molar-refractivity contribution in [2.75, 3.05) is 13.2 Å². The quantitative estimate of drug-likeness (QED) is 0.0228. The molecule has 1 aliphatic heterocycles. The third kappa shape index (κ3) is 35.0. The summed E-state index contributed by atoms with van der Waals surface area (Å²) in [5.41, 5.74) is 0. The third-order valence-corrected chi connectivity index (χ3v) is 12.5. The number of carbonyl (C=O) groups is 4. The van der Waals surface area contributed by atoms with E-state index < -0.39 is 67.3 Å². The molecule has 3 N–H and O–H groups in total. The van der Waals surface area contributed by atoms with Crippen LogP contribution in [0.5, 0.6) is 0 Å². The Bertz CT molecular complexity index is 1270. The molecule has 0 aromatic rings. The molecule has 67 heavy (non-hydrogen) atoms. The zero-order chi connectivity index (χ0) is 49.0. The molecule has 6 unspecified atom stereocenters. The van der Waals surface area contributed by atoms with Crippen LogP contribution in [0.1, 0.15) is 252 Å². The first-order valence-corrected chi connectivity index (χ1v) is 27.3. The van der Waals surface area contributed by atoms with E-state index in [0.717, 1.165) is 89.9 Å². The molecule has 0 bridgehead atoms. The SMILES string of the molecule is CCCC/C=C\CCCCCCCC(=O)OC(COC(=O)CCCCCCCCC/C=C\CCCCCCCC)COC1OC(C(=O)O)C(O)C(O)C1OC(=O)CCCCCCCCCCC. The van der Waals surface area contributed by atoms with E-state index >= 15 is 0 Å². The molecule has 12 heteroatoms. The van der Waals surface area contributed by atoms with E-state index in [4.69, 9.17) is 23.7 Å². The Labute approximate surface area is 407 Å². The number of aliphatic hydroxyl groups is 2. The van der Waals surface area contributed by atoms with Gasteiger partial charge in [0.1, 0.15) is 18.8 Å². The molecule has 0 aliphatic carbocycles. The molecule has 6 atom stereocenters. The van der Waals surface area contributed by atoms with Crippen LogP contribution >= 0.6 is 0 Å². The maximum Gasteiger partial charge on any atom is 0.335 e. The average Bonchev–Trinajstić information content (AvgIpc) is 3.31. The fraction of sp³-hybridized carbons (Fsp3) is 0.855. The van der Waals surface area contributed by atoms with Gasteiger partial charge in [-0.25, -0.2) is 4.79 Å². The minimum atomic E-state index is -1.90. The number of hydrogen-bond acceptors (Lipinski definition) is 11. The number of allylic oxidation sites excluding steroid dienone is 4. The van der Waals surface area contributed by atoms with E-state index in [1.54, 1.807) is 0 Å². The van der Waals surface area contributed by atoms with Crippen LogP contribution < -0.4 is 0 Å². The molecule has 1 heterocycles. The molecule has 0 aromatic heterocycles. The van der Waals surface area contributed by atoms with E-state index in [-0.39, 0.29) is 25.9 Å². The number of carboxylic acid groups (broad SMARTS) is 1. The van der Waals surface area contributed by atoms with Gasteiger partial charge in [-0.05, 0) is 64.2 Å². The van der Waals surface area contributed by atoms with Gasteiger partial charge in [-0.2, -0.15) is 0 Å². The minimum absolute atomic E-state index is 0.0633. The van der Waals surface area contributed by atoms with E-state index in [1.807, 2.05) is 0 Å². The average molecular weight is 951 g/mol. The summed E-state index contributed by atoms with van der Waals surface area (Å²) in [5, 5.41) is 31.3. The predicted octanol–water partition coefficient (Wildman–Crippen LogP) is 13.1. The van der Waals surface area contributed by atoms with Crippen molar-refractivity contribution in [3.05, 3.63) is 24.3 Å². The summed E-state index contributed by atoms with van der Waals surface area (Å²) < 4.78 is 28.3. The van der Waals surface area contributed by atoms with Crippen LogP contribution in [-0.2, 0) is 42.9 Å². The maximum atomic E-state index is 13.0. The molecule has 0 spiro atoms. The van der Waals surface area contributed by atoms with Gasteiger partial charge in [0.2, 0.25) is 0 Å². The molecule has 0 aromatic carbocycles. The number of carboxylic acids is 1. The zero-order valence-electron chi connectivity index (χ0n) is 42.7. The number of rotatable bonds is 46. The number of hydrogen-bond donors (Lipinski definition) is 3. The summed E-state index contributed by atoms with van der Waals surface area (Å²) in [6.07, 6.45) is 36.1. The van der Waals surface area contributed by atoms with Crippen LogP contribution in [0.15, 0.2) is 24.3 Å². The summed E-state index contributed by atoms with van der Waals surface area (Å²) in [6.45, 7) is 5.90. The Hall–Kier alpha value is -2.80. The van der Waals surface area contributed by atoms with Crippen molar-refractivity contribution in [2.45, 2.75) is 289 Å². The number of aliphatic carboxylic acids is 1. The van der Waals surface area contributed by atoms with Crippen LogP contribution in [0.25, 0.3) is 0 Å². The van der Waals surface area contributed by atoms with Gasteiger partial charge in [0, 0.05) is 19.3 Å². The smallest absolute Gasteiger partial charge is 0.335 e. The molecular formula is C55H98O12. The first-order chi connectivity index (χ1) is 32.6. The largest absolute Gasteiger partial charge is 0.479 e. The molecule has 1 saturated heterocycles. The Morgan fingerprint density at radius 2 is 0.866 bits per heavy atom. The number of carbonyl (C=O) groups excluding carboxylic acids is 3. The van der Waals surface area contributed by atoms with E-state index in [9.17, 15) is 34.5 Å². The number of unbranched alkanes of at least 4 members (excludes halogenated alkanes) is 28. The summed E-state index contributed by atoms with van der Waals surface area (Å²) in [4.78, 5) is 50.8. The summed E-state index contributed by atoms with van der Waals surface area (Å²) in [7, 11) is 0. The van der Waals surface area contributed by atoms with Crippen molar-refractivity contribution < 1.29 is 58.2 Å². The van der Waals surface area contributed by atoms with Crippen molar-refractivity contribution in [1.82, 2.24) is 0 Å². The van der Waals surface area contributed by atoms with Crippen molar-refractivity contribution in [3.8, 4) is 0 Å². The molecule has 390 valence electrons. The summed E-state index contributed by atoms with van der Waals surface area (Å²) >= 11 is 0. The lowest BCUT2D eigenvalue weighted by atomic mass is 9.98. The third-order valence-electron chi connectivity index (χ3n) is 12.5. The summed E-state index contributed by atoms with van der Waals surface area (Å²) in [6, 6.07) is 0. The highest BCUT2D eigenvalue weighted by molar-refractivity contribution is 5.74. The van der Waals surface area contributed by atoms with Crippen LogP contribution in [0.4, 0.5) is 0 Å². The lowest BCUT2D eigenvalue weighted by Crippen LogP contribution is -2.61. The van der Waals surface area contributed by atoms with Crippen LogP contribution in [0, 0.1) is 0 Å². The molecule has 0 radical (unpaired) electrons. The zero-order valence-corrected chi connectivity index (χ0v) is 42.7. The highest BCUT2D eigenvalue weighted by atomic mass is 16.7. The number of ether oxygens (including phenoxy) is 5. The first kappa shape index (κ1) is 62.2. The molecular weight excluding hydrogens is 853 g/mol. The molecule has 1 rings (SSSR count). The number of aliphatic hydroxyl groups excluding tert-OH is 2. The molecule has 1 aliphatic rings. The monoisotopic (exact) mass is 951 g/mol. The van der Waals surface area contributed by atoms with E-state index in [1.165, 1.54) is 103 Å². The van der Waals surface area contributed by atoms with Gasteiger partial charge in [-0.15, -0.1) is 0 Å². The van der Waals surface area contributed by atoms with Gasteiger partial charge in [0.25, 0.3) is 0 Å². The van der Waals surface area contributed by atoms with Gasteiger partial charge in [0.05, 0.1) is 6.61 Å². The molecule has 0 saturated carbocycles. The van der Waals surface area contributed by atoms with Crippen molar-refractivity contribution in [2.24, 2.45) is 0 Å². The van der Waals surface area contributed by atoms with Gasteiger partial charge in [-0.3, -0.25) is 14.4 Å². The van der Waals surface area contributed by atoms with E-state index in [2.05, 4.69) is 45.1 Å². The second-order valence-corrected chi connectivity index (χ2v) is 18.9. The van der Waals surface area contributed by atoms with Crippen LogP contribution in [-0.4, -0.2) is 89.2 Å². The number of esters is 3. The highest BCUT2D eigenvalue weighted by Gasteiger charge is 2.50. The van der Waals surface area contributed by atoms with Gasteiger partial charge < -0.3 is 39.0 Å². The standard InChI is InChI=1S/C55H98O12/c1-4-7-10-13-16-19-21-22-23-24-25-26-28-30-32-35-38-41-47(56)63-44-46(65-48(57)42-39-36-34-31-27-20-17-14-11-8-5-2)45-64-55-53(51(60)50(59)52(67-55)54(61)62)66-49(58)43-40-37-33-29-18-15-12-9-6-3/h14,17,22-23,46,50-53,55,59-60H,4-13,15-16,18-21,24-45H2,1-3H3,(H,61,62)/b17-14-,23-22-. The van der Waals surface area contributed by atoms with Gasteiger partial charge in [0.15, 0.2) is 24.6 Å². The predicted molar refractivity (Wildman–Crippen MR) is 266 cm³/mol. The lowest BCUT2D eigenvalue weighted by molar-refractivity contribution is -0.301. The normalized spacial score (nSPS) is 19.0. The lowest BCUT2D eigenvalue weighted by Gasteiger charge is -2.40. The Morgan fingerprint density at radius 1 is 0.478 bits per heavy atom. The Balaban J connectivity index is 2.68. The highest BCUT2D eigenvalue weighted by Crippen LogP contribution is 2.26. The van der Waals surface area contributed by atoms with Gasteiger partial charge in [-0.1, -0.05) is 193 Å². The Kier molecular flexibility index (Phi) is 41.2. The second kappa shape index (κ2) is 44.4. The van der Waals surface area contributed by atoms with Crippen molar-refractivity contribution in [3.63, 3.8) is 0 Å². The van der Waals surface area contributed by atoms with Crippen molar-refractivity contribution in [1.29, 1.82) is 0 Å². The fourth-order valence-corrected chi connectivity index (χ4v) is 8.23. The van der Waals surface area contributed by atoms with Crippen LogP contribution in [0.3, 0.4) is 0 Å². The fourth-order valence-electron chi connectivity index (χ4n) is 8.23. The van der Waals surface area contributed by atoms with Gasteiger partial charge >= 0.3 is 23.9 Å². The molecule has 12 nitrogen and oxygen atoms in total. The topological polar surface area (TPSA) is 175 Å². The molecule has 1 fully saturated rings. The van der Waals surface area contributed by atoms with Crippen molar-refractivity contribution >= 4 is 23.9 Å². The second-order valence-electron chi connectivity index (χ2n) is 18.9. The Morgan fingerprint density at radius 3 is 1.31 bits per heavy atom. The summed E-state index contributed by atoms with van der Waals surface area (Å²) in [5.74, 6) is -3.12. The first-order valence-electron chi connectivity index (χ1n) is 27.3. The maximum absolute atomic E-state index is 13.0. The van der Waals surface area contributed by atoms with E-state index in [0.29, 0.717) is 19.3 Å². The minimum Gasteiger partial charge on any atom is -0.479 e. The molecule has 0 amide bonds.